The molecule has 5 aromatic rings. The Morgan fingerprint density at radius 1 is 0.750 bits per heavy atom. The molecule has 0 bridgehead atoms. The topological polar surface area (TPSA) is 8.17 Å². The van der Waals surface area contributed by atoms with Gasteiger partial charge in [-0.05, 0) is 94.0 Å². The van der Waals surface area contributed by atoms with E-state index in [2.05, 4.69) is 126 Å². The highest BCUT2D eigenvalue weighted by Gasteiger charge is 2.61. The molecule has 2 atom stereocenters. The van der Waals surface area contributed by atoms with Crippen molar-refractivity contribution in [1.29, 1.82) is 0 Å². The highest BCUT2D eigenvalue weighted by Crippen LogP contribution is 2.61. The lowest BCUT2D eigenvalue weighted by Crippen LogP contribution is -2.64. The Kier molecular flexibility index (Phi) is 5.04. The minimum absolute atomic E-state index is 0.0102. The molecule has 1 aliphatic carbocycles. The number of para-hydroxylation sites is 1. The van der Waals surface area contributed by atoms with Gasteiger partial charge in [0.1, 0.15) is 0 Å². The summed E-state index contributed by atoms with van der Waals surface area (Å²) in [5.74, 6) is 0. The van der Waals surface area contributed by atoms with E-state index in [1.165, 1.54) is 97.6 Å². The predicted octanol–water partition coefficient (Wildman–Crippen LogP) is 8.92. The molecule has 0 spiro atoms. The summed E-state index contributed by atoms with van der Waals surface area (Å²) >= 11 is 7.16. The van der Waals surface area contributed by atoms with Crippen LogP contribution in [0.25, 0.3) is 27.5 Å². The fourth-order valence-corrected chi connectivity index (χ4v) is 9.89. The summed E-state index contributed by atoms with van der Waals surface area (Å²) in [6.07, 6.45) is 4.99. The first-order valence-corrected chi connectivity index (χ1v) is 17.0. The second-order valence-corrected chi connectivity index (χ2v) is 17.1. The molecule has 1 aromatic heterocycles. The van der Waals surface area contributed by atoms with Gasteiger partial charge in [-0.3, -0.25) is 0 Å². The standard InChI is InChI=1S/C40H42BClN2/c1-37(2,3)23-14-15-31-26(18-23)27-19-24(38(4,5)6)20-30-35(27)43(31)32-21-25(42)22-33-34(32)41(30)29-13-11-12-28-36(29)44(33)40(8)17-10-9-16-39(28,40)7/h11-15,18-22H,9-10,16-17H2,1-8H3. The molecule has 2 unspecified atom stereocenters. The van der Waals surface area contributed by atoms with Crippen molar-refractivity contribution in [3.63, 3.8) is 0 Å². The van der Waals surface area contributed by atoms with E-state index in [1.807, 2.05) is 0 Å². The van der Waals surface area contributed by atoms with E-state index < -0.39 is 0 Å². The van der Waals surface area contributed by atoms with E-state index in [0.29, 0.717) is 0 Å². The van der Waals surface area contributed by atoms with Crippen molar-refractivity contribution in [2.24, 2.45) is 0 Å². The van der Waals surface area contributed by atoms with Gasteiger partial charge in [0.15, 0.2) is 0 Å². The average molecular weight is 597 g/mol. The first-order valence-electron chi connectivity index (χ1n) is 16.6. The van der Waals surface area contributed by atoms with Crippen molar-refractivity contribution < 1.29 is 0 Å². The summed E-state index contributed by atoms with van der Waals surface area (Å²) in [6.45, 7) is 19.3. The molecule has 9 rings (SSSR count). The minimum atomic E-state index is 0.0102. The molecule has 4 heterocycles. The van der Waals surface area contributed by atoms with Crippen LogP contribution in [0.5, 0.6) is 0 Å². The molecule has 0 radical (unpaired) electrons. The normalized spacial score (nSPS) is 23.3. The molecule has 1 saturated carbocycles. The molecule has 2 nitrogen and oxygen atoms in total. The van der Waals surface area contributed by atoms with Crippen molar-refractivity contribution in [2.45, 2.75) is 103 Å². The average Bonchev–Trinajstić information content (AvgIpc) is 3.40. The third-order valence-electron chi connectivity index (χ3n) is 12.3. The van der Waals surface area contributed by atoms with Gasteiger partial charge in [-0.25, -0.2) is 0 Å². The van der Waals surface area contributed by atoms with Crippen LogP contribution in [0.3, 0.4) is 0 Å². The van der Waals surface area contributed by atoms with Gasteiger partial charge in [0.05, 0.1) is 11.1 Å². The Morgan fingerprint density at radius 2 is 1.45 bits per heavy atom. The summed E-state index contributed by atoms with van der Waals surface area (Å²) in [7, 11) is 0. The second-order valence-electron chi connectivity index (χ2n) is 16.7. The van der Waals surface area contributed by atoms with E-state index in [4.69, 9.17) is 11.6 Å². The van der Waals surface area contributed by atoms with Crippen LogP contribution in [0.2, 0.25) is 5.02 Å². The van der Waals surface area contributed by atoms with Crippen molar-refractivity contribution in [2.75, 3.05) is 4.90 Å². The number of anilines is 2. The fraction of sp³-hybridized carbons (Fsp3) is 0.400. The van der Waals surface area contributed by atoms with E-state index in [9.17, 15) is 0 Å². The lowest BCUT2D eigenvalue weighted by molar-refractivity contribution is 0.195. The van der Waals surface area contributed by atoms with Crippen LogP contribution in [0.1, 0.15) is 97.8 Å². The monoisotopic (exact) mass is 596 g/mol. The number of fused-ring (bicyclic) bond motifs is 10. The smallest absolute Gasteiger partial charge is 0.252 e. The second kappa shape index (κ2) is 8.15. The summed E-state index contributed by atoms with van der Waals surface area (Å²) < 4.78 is 2.56. The largest absolute Gasteiger partial charge is 0.335 e. The van der Waals surface area contributed by atoms with Crippen LogP contribution in [-0.4, -0.2) is 16.8 Å². The quantitative estimate of drug-likeness (QED) is 0.159. The lowest BCUT2D eigenvalue weighted by atomic mass is 9.33. The van der Waals surface area contributed by atoms with Gasteiger partial charge in [0, 0.05) is 43.8 Å². The number of hydrogen-bond donors (Lipinski definition) is 0. The highest BCUT2D eigenvalue weighted by atomic mass is 35.5. The Hall–Kier alpha value is -3.17. The van der Waals surface area contributed by atoms with Crippen LogP contribution in [0, 0.1) is 0 Å². The van der Waals surface area contributed by atoms with Crippen LogP contribution < -0.4 is 21.3 Å². The predicted molar refractivity (Wildman–Crippen MR) is 191 cm³/mol. The maximum Gasteiger partial charge on any atom is 0.252 e. The fourth-order valence-electron chi connectivity index (χ4n) is 9.68. The molecule has 3 aliphatic heterocycles. The molecule has 44 heavy (non-hydrogen) atoms. The number of rotatable bonds is 0. The molecule has 1 fully saturated rings. The summed E-state index contributed by atoms with van der Waals surface area (Å²) in [4.78, 5) is 2.76. The number of aromatic nitrogens is 1. The molecule has 0 saturated heterocycles. The first kappa shape index (κ1) is 27.2. The van der Waals surface area contributed by atoms with Gasteiger partial charge < -0.3 is 9.47 Å². The molecule has 0 amide bonds. The molecule has 222 valence electrons. The van der Waals surface area contributed by atoms with Gasteiger partial charge in [-0.15, -0.1) is 0 Å². The third-order valence-corrected chi connectivity index (χ3v) is 12.5. The summed E-state index contributed by atoms with van der Waals surface area (Å²) in [6, 6.07) is 24.0. The minimum Gasteiger partial charge on any atom is -0.335 e. The molecule has 4 heteroatoms. The molecule has 4 aliphatic rings. The van der Waals surface area contributed by atoms with Crippen molar-refractivity contribution in [3.05, 3.63) is 82.4 Å². The van der Waals surface area contributed by atoms with Crippen molar-refractivity contribution in [3.8, 4) is 5.69 Å². The maximum atomic E-state index is 7.16. The van der Waals surface area contributed by atoms with Gasteiger partial charge >= 0.3 is 0 Å². The van der Waals surface area contributed by atoms with Gasteiger partial charge in [0.2, 0.25) is 0 Å². The number of halogens is 1. The van der Waals surface area contributed by atoms with E-state index >= 15 is 0 Å². The van der Waals surface area contributed by atoms with Crippen LogP contribution in [0.15, 0.2) is 60.7 Å². The molecular formula is C40H42BClN2. The molecule has 4 aromatic carbocycles. The molecule has 0 N–H and O–H groups in total. The zero-order valence-electron chi connectivity index (χ0n) is 27.5. The zero-order chi connectivity index (χ0) is 30.7. The number of benzene rings is 4. The van der Waals surface area contributed by atoms with Gasteiger partial charge in [-0.2, -0.15) is 0 Å². The van der Waals surface area contributed by atoms with Gasteiger partial charge in [0.25, 0.3) is 6.71 Å². The zero-order valence-corrected chi connectivity index (χ0v) is 28.2. The Labute approximate surface area is 267 Å². The van der Waals surface area contributed by atoms with E-state index in [-0.39, 0.29) is 28.5 Å². The first-order chi connectivity index (χ1) is 20.7. The third kappa shape index (κ3) is 3.10. The van der Waals surface area contributed by atoms with Crippen LogP contribution in [-0.2, 0) is 16.2 Å². The Balaban J connectivity index is 1.48. The maximum absolute atomic E-state index is 7.16. The highest BCUT2D eigenvalue weighted by molar-refractivity contribution is 7.00. The number of hydrogen-bond acceptors (Lipinski definition) is 1. The Morgan fingerprint density at radius 3 is 2.20 bits per heavy atom. The van der Waals surface area contributed by atoms with Crippen molar-refractivity contribution in [1.82, 2.24) is 4.57 Å². The van der Waals surface area contributed by atoms with Crippen LogP contribution >= 0.6 is 11.6 Å². The Bertz CT molecular complexity index is 2110. The van der Waals surface area contributed by atoms with Crippen molar-refractivity contribution >= 4 is 67.9 Å². The number of nitrogens with zero attached hydrogens (tertiary/aromatic N) is 2. The summed E-state index contributed by atoms with van der Waals surface area (Å²) in [5, 5.41) is 3.53. The lowest BCUT2D eigenvalue weighted by Gasteiger charge is -2.52. The van der Waals surface area contributed by atoms with Gasteiger partial charge in [-0.1, -0.05) is 103 Å². The van der Waals surface area contributed by atoms with E-state index in [1.54, 1.807) is 0 Å². The SMILES string of the molecule is CC(C)(C)c1ccc2c(c1)c1cc(C(C)(C)C)cc3c1n2-c1cc(Cl)cc2c1B3c1cccc3c1N2C1(C)CCCCC31C. The molecular weight excluding hydrogens is 555 g/mol. The van der Waals surface area contributed by atoms with E-state index in [0.717, 1.165) is 5.02 Å². The van der Waals surface area contributed by atoms with Crippen LogP contribution in [0.4, 0.5) is 11.4 Å². The summed E-state index contributed by atoms with van der Waals surface area (Å²) in [5.41, 5.74) is 15.5.